The summed E-state index contributed by atoms with van der Waals surface area (Å²) in [5.41, 5.74) is 0.111. The Morgan fingerprint density at radius 3 is 3.15 bits per heavy atom. The van der Waals surface area contributed by atoms with E-state index in [2.05, 4.69) is 21.0 Å². The SMILES string of the molecule is O=C(O)c1c(Br)nn2c1OCCC2. The maximum Gasteiger partial charge on any atom is 0.344 e. The summed E-state index contributed by atoms with van der Waals surface area (Å²) in [5.74, 6) is -0.666. The van der Waals surface area contributed by atoms with Crippen LogP contribution in [-0.4, -0.2) is 27.5 Å². The van der Waals surface area contributed by atoms with Gasteiger partial charge in [-0.05, 0) is 15.9 Å². The Labute approximate surface area is 82.4 Å². The zero-order valence-electron chi connectivity index (χ0n) is 6.66. The van der Waals surface area contributed by atoms with Crippen molar-refractivity contribution in [1.82, 2.24) is 9.78 Å². The van der Waals surface area contributed by atoms with Gasteiger partial charge in [0, 0.05) is 13.0 Å². The predicted octanol–water partition coefficient (Wildman–Crippen LogP) is 1.13. The van der Waals surface area contributed by atoms with Crippen molar-refractivity contribution in [3.63, 3.8) is 0 Å². The third-order valence-electron chi connectivity index (χ3n) is 1.83. The number of rotatable bonds is 1. The first-order valence-corrected chi connectivity index (χ1v) is 4.62. The molecule has 0 amide bonds. The van der Waals surface area contributed by atoms with Crippen LogP contribution in [0.15, 0.2) is 4.60 Å². The Balaban J connectivity index is 2.54. The number of fused-ring (bicyclic) bond motifs is 1. The number of hydrogen-bond donors (Lipinski definition) is 1. The molecule has 1 aromatic heterocycles. The highest BCUT2D eigenvalue weighted by Gasteiger charge is 2.25. The van der Waals surface area contributed by atoms with Gasteiger partial charge in [-0.15, -0.1) is 0 Å². The van der Waals surface area contributed by atoms with Gasteiger partial charge in [-0.25, -0.2) is 9.48 Å². The molecular weight excluding hydrogens is 240 g/mol. The molecule has 0 atom stereocenters. The summed E-state index contributed by atoms with van der Waals surface area (Å²) in [6, 6.07) is 0. The first-order chi connectivity index (χ1) is 6.20. The second-order valence-electron chi connectivity index (χ2n) is 2.70. The Morgan fingerprint density at radius 2 is 2.46 bits per heavy atom. The van der Waals surface area contributed by atoms with Gasteiger partial charge in [0.1, 0.15) is 4.60 Å². The number of hydrogen-bond acceptors (Lipinski definition) is 3. The molecule has 13 heavy (non-hydrogen) atoms. The molecule has 5 nitrogen and oxygen atoms in total. The number of carboxylic acids is 1. The van der Waals surface area contributed by atoms with Crippen molar-refractivity contribution in [3.8, 4) is 5.88 Å². The molecule has 1 aliphatic heterocycles. The summed E-state index contributed by atoms with van der Waals surface area (Å²) in [6.45, 7) is 1.26. The van der Waals surface area contributed by atoms with Crippen molar-refractivity contribution in [2.75, 3.05) is 6.61 Å². The normalized spacial score (nSPS) is 14.8. The van der Waals surface area contributed by atoms with Gasteiger partial charge in [0.2, 0.25) is 5.88 Å². The number of aryl methyl sites for hydroxylation is 1. The Morgan fingerprint density at radius 1 is 1.69 bits per heavy atom. The van der Waals surface area contributed by atoms with E-state index in [4.69, 9.17) is 9.84 Å². The number of carbonyl (C=O) groups is 1. The average molecular weight is 247 g/mol. The second kappa shape index (κ2) is 3.02. The topological polar surface area (TPSA) is 64.3 Å². The van der Waals surface area contributed by atoms with Crippen molar-refractivity contribution in [1.29, 1.82) is 0 Å². The molecule has 0 saturated heterocycles. The molecule has 1 aromatic rings. The molecule has 2 heterocycles. The van der Waals surface area contributed by atoms with Gasteiger partial charge in [-0.3, -0.25) is 0 Å². The summed E-state index contributed by atoms with van der Waals surface area (Å²) < 4.78 is 7.12. The molecular formula is C7H7BrN2O3. The summed E-state index contributed by atoms with van der Waals surface area (Å²) in [5, 5.41) is 12.8. The summed E-state index contributed by atoms with van der Waals surface area (Å²) in [4.78, 5) is 10.8. The second-order valence-corrected chi connectivity index (χ2v) is 3.45. The molecule has 0 unspecified atom stereocenters. The maximum absolute atomic E-state index is 10.8. The van der Waals surface area contributed by atoms with Crippen LogP contribution in [0.3, 0.4) is 0 Å². The highest BCUT2D eigenvalue weighted by Crippen LogP contribution is 2.28. The van der Waals surface area contributed by atoms with Crippen LogP contribution in [0.1, 0.15) is 16.8 Å². The van der Waals surface area contributed by atoms with Crippen molar-refractivity contribution >= 4 is 21.9 Å². The van der Waals surface area contributed by atoms with Gasteiger partial charge in [-0.2, -0.15) is 5.10 Å². The molecule has 2 rings (SSSR count). The molecule has 0 radical (unpaired) electrons. The van der Waals surface area contributed by atoms with Gasteiger partial charge in [0.25, 0.3) is 0 Å². The van der Waals surface area contributed by atoms with Gasteiger partial charge in [0.05, 0.1) is 6.61 Å². The highest BCUT2D eigenvalue weighted by atomic mass is 79.9. The number of ether oxygens (including phenoxy) is 1. The van der Waals surface area contributed by atoms with Crippen molar-refractivity contribution < 1.29 is 14.6 Å². The van der Waals surface area contributed by atoms with Crippen LogP contribution in [-0.2, 0) is 6.54 Å². The number of nitrogens with zero attached hydrogens (tertiary/aromatic N) is 2. The van der Waals surface area contributed by atoms with E-state index in [9.17, 15) is 4.79 Å². The van der Waals surface area contributed by atoms with Crippen LogP contribution in [0.2, 0.25) is 0 Å². The van der Waals surface area contributed by atoms with E-state index < -0.39 is 5.97 Å². The van der Waals surface area contributed by atoms with Crippen LogP contribution >= 0.6 is 15.9 Å². The van der Waals surface area contributed by atoms with E-state index in [0.717, 1.165) is 6.42 Å². The molecule has 1 aliphatic rings. The van der Waals surface area contributed by atoms with E-state index in [1.165, 1.54) is 0 Å². The third kappa shape index (κ3) is 1.31. The van der Waals surface area contributed by atoms with Crippen molar-refractivity contribution in [2.45, 2.75) is 13.0 Å². The molecule has 0 fully saturated rings. The van der Waals surface area contributed by atoms with E-state index in [1.54, 1.807) is 4.68 Å². The van der Waals surface area contributed by atoms with Crippen LogP contribution < -0.4 is 4.74 Å². The van der Waals surface area contributed by atoms with Crippen molar-refractivity contribution in [2.24, 2.45) is 0 Å². The van der Waals surface area contributed by atoms with Crippen molar-refractivity contribution in [3.05, 3.63) is 10.2 Å². The molecule has 0 aliphatic carbocycles. The fourth-order valence-electron chi connectivity index (χ4n) is 1.28. The standard InChI is InChI=1S/C7H7BrN2O3/c8-5-4(7(11)12)6-10(9-5)2-1-3-13-6/h1-3H2,(H,11,12). The van der Waals surface area contributed by atoms with Gasteiger partial charge < -0.3 is 9.84 Å². The Bertz CT molecular complexity index is 361. The zero-order chi connectivity index (χ0) is 9.42. The molecule has 0 aromatic carbocycles. The summed E-state index contributed by atoms with van der Waals surface area (Å²) >= 11 is 3.09. The van der Waals surface area contributed by atoms with Gasteiger partial charge in [0.15, 0.2) is 5.56 Å². The zero-order valence-corrected chi connectivity index (χ0v) is 8.24. The molecule has 1 N–H and O–H groups in total. The number of carboxylic acid groups (broad SMARTS) is 1. The number of halogens is 1. The van der Waals surface area contributed by atoms with Crippen LogP contribution in [0.4, 0.5) is 0 Å². The number of aromatic carboxylic acids is 1. The first-order valence-electron chi connectivity index (χ1n) is 3.82. The van der Waals surface area contributed by atoms with E-state index in [-0.39, 0.29) is 5.56 Å². The lowest BCUT2D eigenvalue weighted by molar-refractivity contribution is 0.0689. The largest absolute Gasteiger partial charge is 0.477 e. The Kier molecular flexibility index (Phi) is 1.99. The minimum Gasteiger partial charge on any atom is -0.477 e. The Hall–Kier alpha value is -1.04. The molecule has 6 heteroatoms. The average Bonchev–Trinajstić information content (AvgIpc) is 2.39. The monoisotopic (exact) mass is 246 g/mol. The quantitative estimate of drug-likeness (QED) is 0.807. The fraction of sp³-hybridized carbons (Fsp3) is 0.429. The predicted molar refractivity (Wildman–Crippen MR) is 47.0 cm³/mol. The van der Waals surface area contributed by atoms with Crippen LogP contribution in [0.5, 0.6) is 5.88 Å². The van der Waals surface area contributed by atoms with Crippen LogP contribution in [0, 0.1) is 0 Å². The highest BCUT2D eigenvalue weighted by molar-refractivity contribution is 9.10. The summed E-state index contributed by atoms with van der Waals surface area (Å²) in [7, 11) is 0. The lowest BCUT2D eigenvalue weighted by Crippen LogP contribution is -2.16. The first kappa shape index (κ1) is 8.55. The number of aromatic nitrogens is 2. The molecule has 70 valence electrons. The molecule has 0 bridgehead atoms. The fourth-order valence-corrected chi connectivity index (χ4v) is 1.81. The molecule has 0 saturated carbocycles. The van der Waals surface area contributed by atoms with Crippen LogP contribution in [0.25, 0.3) is 0 Å². The van der Waals surface area contributed by atoms with Gasteiger partial charge >= 0.3 is 5.97 Å². The van der Waals surface area contributed by atoms with E-state index >= 15 is 0 Å². The van der Waals surface area contributed by atoms with E-state index in [1.807, 2.05) is 0 Å². The van der Waals surface area contributed by atoms with E-state index in [0.29, 0.717) is 23.6 Å². The third-order valence-corrected chi connectivity index (χ3v) is 2.39. The minimum absolute atomic E-state index is 0.111. The lowest BCUT2D eigenvalue weighted by Gasteiger charge is -2.14. The maximum atomic E-state index is 10.8. The minimum atomic E-state index is -1.02. The van der Waals surface area contributed by atoms with Gasteiger partial charge in [-0.1, -0.05) is 0 Å². The summed E-state index contributed by atoms with van der Waals surface area (Å²) in [6.07, 6.45) is 0.861. The lowest BCUT2D eigenvalue weighted by atomic mass is 10.3. The molecule has 0 spiro atoms. The smallest absolute Gasteiger partial charge is 0.344 e.